The first-order chi connectivity index (χ1) is 10.2. The third kappa shape index (κ3) is 1.96. The lowest BCUT2D eigenvalue weighted by Crippen LogP contribution is -2.15. The van der Waals surface area contributed by atoms with E-state index in [9.17, 15) is 10.1 Å². The Morgan fingerprint density at radius 3 is 2.67 bits per heavy atom. The molecule has 112 valence electrons. The van der Waals surface area contributed by atoms with Gasteiger partial charge in [0.05, 0.1) is 4.92 Å². The van der Waals surface area contributed by atoms with E-state index in [2.05, 4.69) is 15.6 Å². The minimum atomic E-state index is -0.349. The van der Waals surface area contributed by atoms with Crippen LogP contribution in [0.5, 0.6) is 0 Å². The van der Waals surface area contributed by atoms with Gasteiger partial charge in [-0.25, -0.2) is 4.98 Å². The largest absolute Gasteiger partial charge is 0.370 e. The number of aromatic nitrogens is 1. The standard InChI is InChI=1S/C15H20N4O2/c1-2-16-11-6-5-10(19(20)21)15(17-11)18-14-12-8-3-4-9(7-8)13(12)14/h5-6,8-9,12-14H,2-4,7H2,1H3,(H2,16,17,18). The summed E-state index contributed by atoms with van der Waals surface area (Å²) in [6.07, 6.45) is 4.06. The van der Waals surface area contributed by atoms with E-state index < -0.39 is 0 Å². The Hall–Kier alpha value is -1.85. The molecule has 0 spiro atoms. The maximum atomic E-state index is 11.2. The Bertz CT molecular complexity index is 575. The molecule has 3 aliphatic carbocycles. The Labute approximate surface area is 123 Å². The molecule has 4 rings (SSSR count). The second kappa shape index (κ2) is 4.58. The molecule has 0 amide bonds. The highest BCUT2D eigenvalue weighted by molar-refractivity contribution is 5.61. The van der Waals surface area contributed by atoms with Crippen molar-refractivity contribution >= 4 is 17.3 Å². The summed E-state index contributed by atoms with van der Waals surface area (Å²) in [6.45, 7) is 2.74. The number of nitrogens with one attached hydrogen (secondary N) is 2. The molecule has 0 aromatic carbocycles. The zero-order valence-electron chi connectivity index (χ0n) is 12.1. The average Bonchev–Trinajstić information content (AvgIpc) is 2.84. The van der Waals surface area contributed by atoms with Crippen LogP contribution >= 0.6 is 0 Å². The van der Waals surface area contributed by atoms with Gasteiger partial charge in [-0.05, 0) is 55.9 Å². The number of hydrogen-bond donors (Lipinski definition) is 2. The van der Waals surface area contributed by atoms with E-state index >= 15 is 0 Å². The zero-order valence-corrected chi connectivity index (χ0v) is 12.1. The summed E-state index contributed by atoms with van der Waals surface area (Å²) < 4.78 is 0. The SMILES string of the molecule is CCNc1ccc([N+](=O)[O-])c(NC2C3C4CCC(C4)C23)n1. The third-order valence-electron chi connectivity index (χ3n) is 5.47. The lowest BCUT2D eigenvalue weighted by Gasteiger charge is -2.12. The van der Waals surface area contributed by atoms with Crippen molar-refractivity contribution in [1.82, 2.24) is 4.98 Å². The molecule has 6 heteroatoms. The van der Waals surface area contributed by atoms with Crippen molar-refractivity contribution in [1.29, 1.82) is 0 Å². The van der Waals surface area contributed by atoms with Gasteiger partial charge in [0.25, 0.3) is 0 Å². The van der Waals surface area contributed by atoms with Crippen LogP contribution in [-0.4, -0.2) is 22.5 Å². The van der Waals surface area contributed by atoms with Crippen LogP contribution in [0.3, 0.4) is 0 Å². The number of fused-ring (bicyclic) bond motifs is 5. The molecule has 0 radical (unpaired) electrons. The molecule has 21 heavy (non-hydrogen) atoms. The van der Waals surface area contributed by atoms with E-state index in [1.54, 1.807) is 12.1 Å². The van der Waals surface area contributed by atoms with Gasteiger partial charge in [-0.15, -0.1) is 0 Å². The molecule has 1 heterocycles. The van der Waals surface area contributed by atoms with Crippen LogP contribution in [0.25, 0.3) is 0 Å². The number of hydrogen-bond acceptors (Lipinski definition) is 5. The molecule has 4 unspecified atom stereocenters. The monoisotopic (exact) mass is 288 g/mol. The first kappa shape index (κ1) is 12.9. The van der Waals surface area contributed by atoms with Crippen LogP contribution in [0, 0.1) is 33.8 Å². The molecule has 2 bridgehead atoms. The van der Waals surface area contributed by atoms with Gasteiger partial charge in [0.1, 0.15) is 5.82 Å². The fourth-order valence-electron chi connectivity index (χ4n) is 4.66. The number of pyridine rings is 1. The maximum absolute atomic E-state index is 11.2. The van der Waals surface area contributed by atoms with E-state index in [4.69, 9.17) is 0 Å². The Morgan fingerprint density at radius 1 is 1.33 bits per heavy atom. The van der Waals surface area contributed by atoms with Crippen LogP contribution < -0.4 is 10.6 Å². The second-order valence-corrected chi connectivity index (χ2v) is 6.51. The summed E-state index contributed by atoms with van der Waals surface area (Å²) in [6, 6.07) is 3.61. The molecular weight excluding hydrogens is 268 g/mol. The number of nitrogens with zero attached hydrogens (tertiary/aromatic N) is 2. The average molecular weight is 288 g/mol. The fourth-order valence-corrected chi connectivity index (χ4v) is 4.66. The summed E-state index contributed by atoms with van der Waals surface area (Å²) in [5, 5.41) is 17.7. The van der Waals surface area contributed by atoms with Gasteiger partial charge in [0.15, 0.2) is 0 Å². The van der Waals surface area contributed by atoms with Gasteiger partial charge in [-0.1, -0.05) is 0 Å². The summed E-state index contributed by atoms with van der Waals surface area (Å²) >= 11 is 0. The molecule has 3 aliphatic rings. The molecule has 0 aliphatic heterocycles. The van der Waals surface area contributed by atoms with E-state index in [0.717, 1.165) is 30.2 Å². The quantitative estimate of drug-likeness (QED) is 0.643. The molecule has 4 atom stereocenters. The van der Waals surface area contributed by atoms with Crippen molar-refractivity contribution in [3.8, 4) is 0 Å². The summed E-state index contributed by atoms with van der Waals surface area (Å²) in [5.74, 6) is 4.26. The minimum Gasteiger partial charge on any atom is -0.370 e. The minimum absolute atomic E-state index is 0.0778. The van der Waals surface area contributed by atoms with Crippen LogP contribution in [0.4, 0.5) is 17.3 Å². The highest BCUT2D eigenvalue weighted by Crippen LogP contribution is 2.66. The molecule has 3 fully saturated rings. The topological polar surface area (TPSA) is 80.1 Å². The van der Waals surface area contributed by atoms with Gasteiger partial charge in [0, 0.05) is 18.7 Å². The van der Waals surface area contributed by atoms with Gasteiger partial charge in [-0.2, -0.15) is 0 Å². The molecule has 0 saturated heterocycles. The van der Waals surface area contributed by atoms with Crippen LogP contribution in [0.2, 0.25) is 0 Å². The first-order valence-electron chi connectivity index (χ1n) is 7.85. The molecule has 1 aromatic rings. The van der Waals surface area contributed by atoms with E-state index in [1.807, 2.05) is 6.92 Å². The molecule has 1 aromatic heterocycles. The van der Waals surface area contributed by atoms with Crippen LogP contribution in [-0.2, 0) is 0 Å². The zero-order chi connectivity index (χ0) is 14.6. The van der Waals surface area contributed by atoms with E-state index in [-0.39, 0.29) is 10.6 Å². The van der Waals surface area contributed by atoms with Crippen molar-refractivity contribution in [2.75, 3.05) is 17.2 Å². The number of rotatable bonds is 5. The lowest BCUT2D eigenvalue weighted by molar-refractivity contribution is -0.384. The van der Waals surface area contributed by atoms with Crippen molar-refractivity contribution in [2.45, 2.75) is 32.2 Å². The van der Waals surface area contributed by atoms with Crippen molar-refractivity contribution in [2.24, 2.45) is 23.7 Å². The van der Waals surface area contributed by atoms with Crippen LogP contribution in [0.15, 0.2) is 12.1 Å². The fraction of sp³-hybridized carbons (Fsp3) is 0.667. The van der Waals surface area contributed by atoms with Crippen LogP contribution in [0.1, 0.15) is 26.2 Å². The van der Waals surface area contributed by atoms with E-state index in [1.165, 1.54) is 19.3 Å². The van der Waals surface area contributed by atoms with Gasteiger partial charge in [0.2, 0.25) is 5.82 Å². The van der Waals surface area contributed by atoms with Gasteiger partial charge >= 0.3 is 5.69 Å². The maximum Gasteiger partial charge on any atom is 0.311 e. The lowest BCUT2D eigenvalue weighted by atomic mass is 10.0. The summed E-state index contributed by atoms with van der Waals surface area (Å²) in [7, 11) is 0. The molecule has 3 saturated carbocycles. The predicted octanol–water partition coefficient (Wildman–Crippen LogP) is 2.88. The molecule has 2 N–H and O–H groups in total. The Morgan fingerprint density at radius 2 is 2.05 bits per heavy atom. The smallest absolute Gasteiger partial charge is 0.311 e. The normalized spacial score (nSPS) is 35.4. The summed E-state index contributed by atoms with van der Waals surface area (Å²) in [4.78, 5) is 15.2. The third-order valence-corrected chi connectivity index (χ3v) is 5.47. The predicted molar refractivity (Wildman–Crippen MR) is 80.3 cm³/mol. The van der Waals surface area contributed by atoms with E-state index in [0.29, 0.717) is 17.7 Å². The number of anilines is 2. The molecular formula is C15H20N4O2. The number of nitro groups is 1. The van der Waals surface area contributed by atoms with Crippen molar-refractivity contribution < 1.29 is 4.92 Å². The van der Waals surface area contributed by atoms with Crippen molar-refractivity contribution in [3.05, 3.63) is 22.2 Å². The molecule has 6 nitrogen and oxygen atoms in total. The highest BCUT2D eigenvalue weighted by Gasteiger charge is 2.65. The Kier molecular flexibility index (Phi) is 2.80. The van der Waals surface area contributed by atoms with Gasteiger partial charge in [-0.3, -0.25) is 10.1 Å². The summed E-state index contributed by atoms with van der Waals surface area (Å²) in [5.41, 5.74) is 0.0778. The van der Waals surface area contributed by atoms with Gasteiger partial charge < -0.3 is 10.6 Å². The Balaban J connectivity index is 1.56. The van der Waals surface area contributed by atoms with Crippen molar-refractivity contribution in [3.63, 3.8) is 0 Å². The second-order valence-electron chi connectivity index (χ2n) is 6.51. The highest BCUT2D eigenvalue weighted by atomic mass is 16.6. The first-order valence-corrected chi connectivity index (χ1v) is 7.85.